The Bertz CT molecular complexity index is 987. The molecule has 7 nitrogen and oxygen atoms in total. The van der Waals surface area contributed by atoms with Crippen molar-refractivity contribution >= 4 is 5.97 Å². The summed E-state index contributed by atoms with van der Waals surface area (Å²) in [5.74, 6) is 1.59. The Hall–Kier alpha value is -2.09. The number of aliphatic hydroxyl groups excluding tert-OH is 1. The fourth-order valence-corrected chi connectivity index (χ4v) is 6.98. The first-order valence-corrected chi connectivity index (χ1v) is 12.8. The average Bonchev–Trinajstić information content (AvgIpc) is 3.41. The largest absolute Gasteiger partial charge is 0.461 e. The van der Waals surface area contributed by atoms with Crippen molar-refractivity contribution in [2.24, 2.45) is 23.2 Å². The van der Waals surface area contributed by atoms with Crippen LogP contribution in [0.1, 0.15) is 38.7 Å². The minimum absolute atomic E-state index is 0.109. The van der Waals surface area contributed by atoms with Crippen LogP contribution < -0.4 is 9.47 Å². The van der Waals surface area contributed by atoms with E-state index in [-0.39, 0.29) is 29.3 Å². The number of allylic oxidation sites excluding steroid dienone is 1. The van der Waals surface area contributed by atoms with Crippen LogP contribution in [0.25, 0.3) is 0 Å². The molecule has 5 aliphatic rings. The molecule has 0 radical (unpaired) electrons. The van der Waals surface area contributed by atoms with Crippen LogP contribution in [0.3, 0.4) is 0 Å². The zero-order chi connectivity index (χ0) is 23.4. The molecule has 1 aromatic carbocycles. The maximum absolute atomic E-state index is 12.9. The van der Waals surface area contributed by atoms with Gasteiger partial charge >= 0.3 is 5.97 Å². The molecule has 2 aliphatic carbocycles. The number of aliphatic hydroxyl groups is 1. The van der Waals surface area contributed by atoms with Gasteiger partial charge in [0, 0.05) is 57.0 Å². The summed E-state index contributed by atoms with van der Waals surface area (Å²) in [6.45, 7) is 10.1. The highest BCUT2D eigenvalue weighted by molar-refractivity contribution is 5.76. The van der Waals surface area contributed by atoms with Gasteiger partial charge in [0.05, 0.1) is 12.0 Å². The summed E-state index contributed by atoms with van der Waals surface area (Å²) in [4.78, 5) is 17.8. The number of hydrogen-bond donors (Lipinski definition) is 1. The molecule has 7 heteroatoms. The number of hydrogen-bond acceptors (Lipinski definition) is 7. The minimum Gasteiger partial charge on any atom is -0.461 e. The molecule has 0 bridgehead atoms. The summed E-state index contributed by atoms with van der Waals surface area (Å²) >= 11 is 0. The van der Waals surface area contributed by atoms with Crippen molar-refractivity contribution in [3.05, 3.63) is 35.4 Å². The van der Waals surface area contributed by atoms with Gasteiger partial charge in [0.25, 0.3) is 0 Å². The SMILES string of the molecule is C[C@@H]1CCC=C2C[C@H]3OC(=O)[C@@H](CN4CCN(Cc5ccc6c(c5)OCO6)CC4)[C@H]3[C@@H](O)[C@@]21C. The van der Waals surface area contributed by atoms with E-state index in [1.807, 2.05) is 6.07 Å². The van der Waals surface area contributed by atoms with Gasteiger partial charge in [-0.2, -0.15) is 0 Å². The highest BCUT2D eigenvalue weighted by atomic mass is 16.7. The molecule has 0 aromatic heterocycles. The Morgan fingerprint density at radius 1 is 1.12 bits per heavy atom. The van der Waals surface area contributed by atoms with E-state index < -0.39 is 6.10 Å². The smallest absolute Gasteiger partial charge is 0.311 e. The van der Waals surface area contributed by atoms with E-state index in [0.717, 1.165) is 63.5 Å². The van der Waals surface area contributed by atoms with Crippen LogP contribution in [0, 0.1) is 23.2 Å². The van der Waals surface area contributed by atoms with E-state index in [1.54, 1.807) is 0 Å². The molecule has 0 unspecified atom stereocenters. The zero-order valence-electron chi connectivity index (χ0n) is 20.2. The van der Waals surface area contributed by atoms with Crippen LogP contribution in [0.2, 0.25) is 0 Å². The van der Waals surface area contributed by atoms with Crippen molar-refractivity contribution in [1.29, 1.82) is 0 Å². The number of carbonyl (C=O) groups is 1. The molecule has 0 amide bonds. The Morgan fingerprint density at radius 2 is 1.88 bits per heavy atom. The van der Waals surface area contributed by atoms with Crippen LogP contribution in [-0.4, -0.2) is 72.6 Å². The number of carbonyl (C=O) groups excluding carboxylic acids is 1. The number of rotatable bonds is 4. The maximum Gasteiger partial charge on any atom is 0.311 e. The molecule has 3 fully saturated rings. The van der Waals surface area contributed by atoms with Gasteiger partial charge in [-0.3, -0.25) is 14.6 Å². The Balaban J connectivity index is 1.09. The lowest BCUT2D eigenvalue weighted by molar-refractivity contribution is -0.145. The number of piperazine rings is 1. The summed E-state index contributed by atoms with van der Waals surface area (Å²) in [5, 5.41) is 11.6. The van der Waals surface area contributed by atoms with Crippen molar-refractivity contribution < 1.29 is 24.1 Å². The highest BCUT2D eigenvalue weighted by Crippen LogP contribution is 2.56. The van der Waals surface area contributed by atoms with Crippen molar-refractivity contribution in [1.82, 2.24) is 9.80 Å². The van der Waals surface area contributed by atoms with Crippen LogP contribution >= 0.6 is 0 Å². The topological polar surface area (TPSA) is 71.5 Å². The predicted octanol–water partition coefficient (Wildman–Crippen LogP) is 2.82. The zero-order valence-corrected chi connectivity index (χ0v) is 20.2. The van der Waals surface area contributed by atoms with E-state index in [9.17, 15) is 9.90 Å². The summed E-state index contributed by atoms with van der Waals surface area (Å²) in [7, 11) is 0. The highest BCUT2D eigenvalue weighted by Gasteiger charge is 2.59. The first-order chi connectivity index (χ1) is 16.4. The summed E-state index contributed by atoms with van der Waals surface area (Å²) < 4.78 is 16.8. The molecule has 1 N–H and O–H groups in total. The molecule has 3 aliphatic heterocycles. The van der Waals surface area contributed by atoms with Gasteiger partial charge in [-0.25, -0.2) is 0 Å². The number of nitrogens with zero attached hydrogens (tertiary/aromatic N) is 2. The number of esters is 1. The van der Waals surface area contributed by atoms with Gasteiger partial charge in [0.1, 0.15) is 6.10 Å². The third-order valence-corrected chi connectivity index (χ3v) is 9.33. The van der Waals surface area contributed by atoms with E-state index in [0.29, 0.717) is 19.3 Å². The fraction of sp³-hybridized carbons (Fsp3) is 0.667. The maximum atomic E-state index is 12.9. The van der Waals surface area contributed by atoms with Crippen molar-refractivity contribution in [3.8, 4) is 11.5 Å². The molecule has 6 rings (SSSR count). The van der Waals surface area contributed by atoms with Gasteiger partial charge in [-0.05, 0) is 36.5 Å². The lowest BCUT2D eigenvalue weighted by Gasteiger charge is -2.52. The van der Waals surface area contributed by atoms with E-state index >= 15 is 0 Å². The van der Waals surface area contributed by atoms with Crippen molar-refractivity contribution in [3.63, 3.8) is 0 Å². The lowest BCUT2D eigenvalue weighted by atomic mass is 9.55. The Kier molecular flexibility index (Phi) is 5.62. The molecular formula is C27H36N2O5. The molecule has 34 heavy (non-hydrogen) atoms. The lowest BCUT2D eigenvalue weighted by Crippen LogP contribution is -2.55. The summed E-state index contributed by atoms with van der Waals surface area (Å²) in [5.41, 5.74) is 2.28. The normalized spacial score (nSPS) is 37.7. The average molecular weight is 469 g/mol. The Morgan fingerprint density at radius 3 is 2.71 bits per heavy atom. The molecule has 0 spiro atoms. The Labute approximate surface area is 201 Å². The molecule has 2 saturated heterocycles. The van der Waals surface area contributed by atoms with E-state index in [1.165, 1.54) is 11.1 Å². The van der Waals surface area contributed by atoms with Gasteiger partial charge < -0.3 is 19.3 Å². The van der Waals surface area contributed by atoms with Gasteiger partial charge in [0.15, 0.2) is 11.5 Å². The van der Waals surface area contributed by atoms with E-state index in [4.69, 9.17) is 14.2 Å². The minimum atomic E-state index is -0.531. The summed E-state index contributed by atoms with van der Waals surface area (Å²) in [6.07, 6.45) is 4.53. The van der Waals surface area contributed by atoms with E-state index in [2.05, 4.69) is 41.9 Å². The van der Waals surface area contributed by atoms with Gasteiger partial charge in [-0.1, -0.05) is 31.6 Å². The van der Waals surface area contributed by atoms with Gasteiger partial charge in [-0.15, -0.1) is 0 Å². The second kappa shape index (κ2) is 8.54. The monoisotopic (exact) mass is 468 g/mol. The predicted molar refractivity (Wildman–Crippen MR) is 126 cm³/mol. The molecule has 1 aromatic rings. The quantitative estimate of drug-likeness (QED) is 0.538. The van der Waals surface area contributed by atoms with Crippen LogP contribution in [0.4, 0.5) is 0 Å². The van der Waals surface area contributed by atoms with Crippen molar-refractivity contribution in [2.75, 3.05) is 39.5 Å². The first-order valence-electron chi connectivity index (χ1n) is 12.8. The third-order valence-electron chi connectivity index (χ3n) is 9.33. The molecule has 6 atom stereocenters. The fourth-order valence-electron chi connectivity index (χ4n) is 6.98. The first kappa shape index (κ1) is 22.4. The second-order valence-corrected chi connectivity index (χ2v) is 11.1. The third kappa shape index (κ3) is 3.64. The van der Waals surface area contributed by atoms with Gasteiger partial charge in [0.2, 0.25) is 6.79 Å². The van der Waals surface area contributed by atoms with Crippen LogP contribution in [-0.2, 0) is 16.1 Å². The number of fused-ring (bicyclic) bond motifs is 3. The molecular weight excluding hydrogens is 432 g/mol. The van der Waals surface area contributed by atoms with Crippen LogP contribution in [0.5, 0.6) is 11.5 Å². The van der Waals surface area contributed by atoms with Crippen LogP contribution in [0.15, 0.2) is 29.8 Å². The summed E-state index contributed by atoms with van der Waals surface area (Å²) in [6, 6.07) is 6.16. The standard InChI is InChI=1S/C27H36N2O5/c1-17-4-3-5-19-13-23-24(25(30)27(17,19)2)20(26(31)34-23)15-29-10-8-28(9-11-29)14-18-6-7-21-22(12-18)33-16-32-21/h5-7,12,17,20,23-25,30H,3-4,8-11,13-16H2,1-2H3/t17-,20+,23-,24-,25-,27-/m1/s1. The molecule has 3 heterocycles. The number of benzene rings is 1. The second-order valence-electron chi connectivity index (χ2n) is 11.1. The number of ether oxygens (including phenoxy) is 3. The molecule has 184 valence electrons. The molecule has 1 saturated carbocycles. The van der Waals surface area contributed by atoms with Crippen molar-refractivity contribution in [2.45, 2.75) is 51.9 Å².